The zero-order valence-electron chi connectivity index (χ0n) is 9.80. The molecule has 0 saturated heterocycles. The molecule has 6 heteroatoms. The fourth-order valence-electron chi connectivity index (χ4n) is 1.48. The number of ether oxygens (including phenoxy) is 1. The van der Waals surface area contributed by atoms with Crippen LogP contribution in [0.4, 0.5) is 4.39 Å². The van der Waals surface area contributed by atoms with E-state index >= 15 is 0 Å². The van der Waals surface area contributed by atoms with Gasteiger partial charge < -0.3 is 15.0 Å². The lowest BCUT2D eigenvalue weighted by molar-refractivity contribution is 0.104. The molecule has 1 aromatic heterocycles. The van der Waals surface area contributed by atoms with Gasteiger partial charge in [0.25, 0.3) is 5.89 Å². The van der Waals surface area contributed by atoms with Crippen LogP contribution in [0.5, 0.6) is 0 Å². The second-order valence-corrected chi connectivity index (χ2v) is 3.71. The number of benzene rings is 1. The van der Waals surface area contributed by atoms with Gasteiger partial charge in [-0.1, -0.05) is 23.4 Å². The van der Waals surface area contributed by atoms with Crippen LogP contribution in [0, 0.1) is 5.82 Å². The van der Waals surface area contributed by atoms with Crippen molar-refractivity contribution in [3.8, 4) is 0 Å². The summed E-state index contributed by atoms with van der Waals surface area (Å²) >= 11 is 0. The molecule has 0 fully saturated rings. The van der Waals surface area contributed by atoms with Crippen LogP contribution < -0.4 is 5.73 Å². The average Bonchev–Trinajstić information content (AvgIpc) is 2.80. The van der Waals surface area contributed by atoms with Gasteiger partial charge in [-0.15, -0.1) is 0 Å². The van der Waals surface area contributed by atoms with Crippen LogP contribution in [0.15, 0.2) is 28.8 Å². The molecule has 0 atom stereocenters. The van der Waals surface area contributed by atoms with Crippen molar-refractivity contribution in [2.24, 2.45) is 5.73 Å². The Hall–Kier alpha value is -1.79. The first-order valence-electron chi connectivity index (χ1n) is 5.62. The Balaban J connectivity index is 1.96. The van der Waals surface area contributed by atoms with Crippen LogP contribution in [0.3, 0.4) is 0 Å². The molecule has 0 bridgehead atoms. The van der Waals surface area contributed by atoms with Crippen LogP contribution >= 0.6 is 0 Å². The van der Waals surface area contributed by atoms with E-state index in [2.05, 4.69) is 10.1 Å². The molecule has 0 spiro atoms. The molecule has 0 aliphatic heterocycles. The number of nitrogens with two attached hydrogens (primary N) is 1. The van der Waals surface area contributed by atoms with Gasteiger partial charge in [-0.05, 0) is 11.6 Å². The van der Waals surface area contributed by atoms with Gasteiger partial charge in [0.2, 0.25) is 0 Å². The second-order valence-electron chi connectivity index (χ2n) is 3.71. The van der Waals surface area contributed by atoms with Crippen molar-refractivity contribution in [2.75, 3.05) is 13.2 Å². The largest absolute Gasteiger partial charge is 0.370 e. The van der Waals surface area contributed by atoms with E-state index in [1.165, 1.54) is 6.07 Å². The second kappa shape index (κ2) is 6.23. The molecule has 0 amide bonds. The zero-order valence-corrected chi connectivity index (χ0v) is 9.80. The maximum absolute atomic E-state index is 13.4. The SMILES string of the molecule is NCCOCc1nc(Cc2ccccc2F)no1. The molecule has 0 saturated carbocycles. The minimum Gasteiger partial charge on any atom is -0.370 e. The molecule has 2 rings (SSSR count). The van der Waals surface area contributed by atoms with Crippen molar-refractivity contribution < 1.29 is 13.7 Å². The lowest BCUT2D eigenvalue weighted by atomic mass is 10.1. The van der Waals surface area contributed by atoms with E-state index < -0.39 is 0 Å². The minimum absolute atomic E-state index is 0.224. The van der Waals surface area contributed by atoms with Gasteiger partial charge in [-0.3, -0.25) is 0 Å². The van der Waals surface area contributed by atoms with E-state index in [-0.39, 0.29) is 12.4 Å². The molecule has 0 aliphatic rings. The van der Waals surface area contributed by atoms with Crippen molar-refractivity contribution in [1.82, 2.24) is 10.1 Å². The highest BCUT2D eigenvalue weighted by Crippen LogP contribution is 2.11. The van der Waals surface area contributed by atoms with Gasteiger partial charge >= 0.3 is 0 Å². The normalized spacial score (nSPS) is 10.8. The average molecular weight is 251 g/mol. The number of halogens is 1. The molecule has 2 N–H and O–H groups in total. The van der Waals surface area contributed by atoms with E-state index in [0.29, 0.717) is 36.9 Å². The first-order chi connectivity index (χ1) is 8.79. The molecule has 0 aliphatic carbocycles. The first-order valence-corrected chi connectivity index (χ1v) is 5.62. The fourth-order valence-corrected chi connectivity index (χ4v) is 1.48. The smallest absolute Gasteiger partial charge is 0.252 e. The fraction of sp³-hybridized carbons (Fsp3) is 0.333. The molecule has 18 heavy (non-hydrogen) atoms. The topological polar surface area (TPSA) is 74.2 Å². The molecule has 1 aromatic carbocycles. The summed E-state index contributed by atoms with van der Waals surface area (Å²) in [4.78, 5) is 4.11. The molecule has 1 heterocycles. The Kier molecular flexibility index (Phi) is 4.38. The van der Waals surface area contributed by atoms with Crippen molar-refractivity contribution in [3.05, 3.63) is 47.4 Å². The van der Waals surface area contributed by atoms with Crippen LogP contribution in [0.25, 0.3) is 0 Å². The van der Waals surface area contributed by atoms with Gasteiger partial charge in [0, 0.05) is 13.0 Å². The number of hydrogen-bond donors (Lipinski definition) is 1. The van der Waals surface area contributed by atoms with Gasteiger partial charge in [0.15, 0.2) is 5.82 Å². The molecule has 5 nitrogen and oxygen atoms in total. The predicted molar refractivity (Wildman–Crippen MR) is 62.2 cm³/mol. The molecule has 96 valence electrons. The third-order valence-electron chi connectivity index (χ3n) is 2.30. The third kappa shape index (κ3) is 3.35. The van der Waals surface area contributed by atoms with Crippen molar-refractivity contribution in [3.63, 3.8) is 0 Å². The Labute approximate surface area is 104 Å². The van der Waals surface area contributed by atoms with E-state index in [1.807, 2.05) is 0 Å². The summed E-state index contributed by atoms with van der Waals surface area (Å²) in [6, 6.07) is 6.50. The Bertz CT molecular complexity index is 502. The highest BCUT2D eigenvalue weighted by atomic mass is 19.1. The van der Waals surface area contributed by atoms with E-state index in [1.54, 1.807) is 18.2 Å². The quantitative estimate of drug-likeness (QED) is 0.783. The summed E-state index contributed by atoms with van der Waals surface area (Å²) in [7, 11) is 0. The van der Waals surface area contributed by atoms with Crippen molar-refractivity contribution >= 4 is 0 Å². The van der Waals surface area contributed by atoms with E-state index in [9.17, 15) is 4.39 Å². The van der Waals surface area contributed by atoms with E-state index in [4.69, 9.17) is 15.0 Å². The Morgan fingerprint density at radius 2 is 2.17 bits per heavy atom. The summed E-state index contributed by atoms with van der Waals surface area (Å²) < 4.78 is 23.5. The summed E-state index contributed by atoms with van der Waals surface area (Å²) in [5, 5.41) is 3.77. The predicted octanol–water partition coefficient (Wildman–Crippen LogP) is 1.27. The maximum Gasteiger partial charge on any atom is 0.252 e. The molecule has 0 unspecified atom stereocenters. The zero-order chi connectivity index (χ0) is 12.8. The molecular weight excluding hydrogens is 237 g/mol. The number of nitrogens with zero attached hydrogens (tertiary/aromatic N) is 2. The van der Waals surface area contributed by atoms with Gasteiger partial charge in [0.05, 0.1) is 6.61 Å². The lowest BCUT2D eigenvalue weighted by Gasteiger charge is -1.97. The van der Waals surface area contributed by atoms with Crippen LogP contribution in [0.2, 0.25) is 0 Å². The Morgan fingerprint density at radius 3 is 2.94 bits per heavy atom. The highest BCUT2D eigenvalue weighted by molar-refractivity contribution is 5.20. The highest BCUT2D eigenvalue weighted by Gasteiger charge is 2.09. The molecular formula is C12H14FN3O2. The Morgan fingerprint density at radius 1 is 1.33 bits per heavy atom. The van der Waals surface area contributed by atoms with E-state index in [0.717, 1.165) is 0 Å². The van der Waals surface area contributed by atoms with Gasteiger partial charge in [0.1, 0.15) is 12.4 Å². The monoisotopic (exact) mass is 251 g/mol. The summed E-state index contributed by atoms with van der Waals surface area (Å²) in [5.74, 6) is 0.532. The first kappa shape index (κ1) is 12.7. The number of aromatic nitrogens is 2. The number of rotatable bonds is 6. The summed E-state index contributed by atoms with van der Waals surface area (Å²) in [6.45, 7) is 1.10. The van der Waals surface area contributed by atoms with Crippen LogP contribution in [-0.4, -0.2) is 23.3 Å². The minimum atomic E-state index is -0.275. The summed E-state index contributed by atoms with van der Waals surface area (Å²) in [6.07, 6.45) is 0.299. The number of hydrogen-bond acceptors (Lipinski definition) is 5. The molecule has 0 radical (unpaired) electrons. The van der Waals surface area contributed by atoms with Crippen molar-refractivity contribution in [1.29, 1.82) is 0 Å². The summed E-state index contributed by atoms with van der Waals surface area (Å²) in [5.41, 5.74) is 5.82. The third-order valence-corrected chi connectivity index (χ3v) is 2.30. The van der Waals surface area contributed by atoms with Crippen LogP contribution in [-0.2, 0) is 17.8 Å². The van der Waals surface area contributed by atoms with Gasteiger partial charge in [-0.2, -0.15) is 4.98 Å². The standard InChI is InChI=1S/C12H14FN3O2/c13-10-4-2-1-3-9(10)7-11-15-12(18-16-11)8-17-6-5-14/h1-4H,5-8,14H2. The van der Waals surface area contributed by atoms with Gasteiger partial charge in [-0.25, -0.2) is 4.39 Å². The maximum atomic E-state index is 13.4. The van der Waals surface area contributed by atoms with Crippen LogP contribution in [0.1, 0.15) is 17.3 Å². The lowest BCUT2D eigenvalue weighted by Crippen LogP contribution is -2.08. The van der Waals surface area contributed by atoms with Crippen molar-refractivity contribution in [2.45, 2.75) is 13.0 Å². The molecule has 2 aromatic rings.